The zero-order valence-corrected chi connectivity index (χ0v) is 9.19. The summed E-state index contributed by atoms with van der Waals surface area (Å²) in [6.45, 7) is -1.46. The van der Waals surface area contributed by atoms with Crippen LogP contribution in [0.5, 0.6) is 5.88 Å². The predicted molar refractivity (Wildman–Crippen MR) is 56.6 cm³/mol. The summed E-state index contributed by atoms with van der Waals surface area (Å²) in [6, 6.07) is 4.10. The molecular weight excluding hydrogens is 260 g/mol. The second kappa shape index (κ2) is 5.26. The second-order valence-corrected chi connectivity index (χ2v) is 3.52. The van der Waals surface area contributed by atoms with E-state index in [4.69, 9.17) is 5.73 Å². The fourth-order valence-corrected chi connectivity index (χ4v) is 0.979. The third kappa shape index (κ3) is 3.81. The van der Waals surface area contributed by atoms with Gasteiger partial charge in [-0.2, -0.15) is 8.78 Å². The van der Waals surface area contributed by atoms with Gasteiger partial charge in [0.1, 0.15) is 10.7 Å². The highest BCUT2D eigenvalue weighted by Crippen LogP contribution is 2.23. The first-order valence-electron chi connectivity index (χ1n) is 4.38. The Morgan fingerprint density at radius 2 is 2.12 bits per heavy atom. The van der Waals surface area contributed by atoms with Crippen molar-refractivity contribution >= 4 is 17.2 Å². The Hall–Kier alpha value is -1.44. The summed E-state index contributed by atoms with van der Waals surface area (Å²) in [5.74, 6) is -4.46. The van der Waals surface area contributed by atoms with Crippen molar-refractivity contribution in [2.75, 3.05) is 6.61 Å². The minimum absolute atomic E-state index is 0.0453. The van der Waals surface area contributed by atoms with E-state index in [2.05, 4.69) is 21.9 Å². The van der Waals surface area contributed by atoms with Gasteiger partial charge in [-0.1, -0.05) is 18.3 Å². The van der Waals surface area contributed by atoms with Crippen LogP contribution in [0.15, 0.2) is 18.2 Å². The Kier molecular flexibility index (Phi) is 4.22. The number of nitrogens with zero attached hydrogens (tertiary/aromatic N) is 1. The van der Waals surface area contributed by atoms with Crippen molar-refractivity contribution in [2.24, 2.45) is 5.73 Å². The number of hydrogen-bond donors (Lipinski definition) is 1. The molecule has 0 amide bonds. The third-order valence-corrected chi connectivity index (χ3v) is 1.92. The summed E-state index contributed by atoms with van der Waals surface area (Å²) >= 11 is 4.61. The number of alkyl halides is 4. The molecule has 2 N–H and O–H groups in total. The normalized spacial score (nSPS) is 11.6. The Labute approximate surface area is 99.6 Å². The van der Waals surface area contributed by atoms with E-state index in [0.717, 1.165) is 0 Å². The van der Waals surface area contributed by atoms with Crippen molar-refractivity contribution in [1.29, 1.82) is 0 Å². The van der Waals surface area contributed by atoms with Gasteiger partial charge in [0.15, 0.2) is 6.61 Å². The van der Waals surface area contributed by atoms with Crippen LogP contribution in [0.3, 0.4) is 0 Å². The molecule has 0 aliphatic rings. The van der Waals surface area contributed by atoms with Gasteiger partial charge in [-0.3, -0.25) is 0 Å². The van der Waals surface area contributed by atoms with Crippen LogP contribution in [0.2, 0.25) is 0 Å². The molecule has 0 fully saturated rings. The van der Waals surface area contributed by atoms with Crippen LogP contribution in [0.25, 0.3) is 0 Å². The fourth-order valence-electron chi connectivity index (χ4n) is 0.866. The average Bonchev–Trinajstić information content (AvgIpc) is 2.26. The second-order valence-electron chi connectivity index (χ2n) is 3.08. The van der Waals surface area contributed by atoms with E-state index in [-0.39, 0.29) is 16.6 Å². The lowest BCUT2D eigenvalue weighted by molar-refractivity contribution is -0.148. The van der Waals surface area contributed by atoms with Crippen molar-refractivity contribution < 1.29 is 22.3 Å². The molecule has 0 spiro atoms. The number of pyridine rings is 1. The molecule has 1 rings (SSSR count). The summed E-state index contributed by atoms with van der Waals surface area (Å²) in [4.78, 5) is 3.62. The van der Waals surface area contributed by atoms with Crippen LogP contribution in [0, 0.1) is 0 Å². The van der Waals surface area contributed by atoms with Crippen LogP contribution >= 0.6 is 12.2 Å². The van der Waals surface area contributed by atoms with Crippen molar-refractivity contribution in [3.8, 4) is 5.88 Å². The topological polar surface area (TPSA) is 48.1 Å². The highest BCUT2D eigenvalue weighted by Gasteiger charge is 2.41. The van der Waals surface area contributed by atoms with E-state index in [0.29, 0.717) is 0 Å². The van der Waals surface area contributed by atoms with Gasteiger partial charge in [-0.05, 0) is 6.07 Å². The Morgan fingerprint density at radius 1 is 1.47 bits per heavy atom. The van der Waals surface area contributed by atoms with Gasteiger partial charge in [0, 0.05) is 6.07 Å². The number of thiocarbonyl (C=S) groups is 1. The number of rotatable bonds is 5. The quantitative estimate of drug-likeness (QED) is 0.655. The maximum absolute atomic E-state index is 12.5. The van der Waals surface area contributed by atoms with E-state index in [1.807, 2.05) is 0 Å². The van der Waals surface area contributed by atoms with Crippen LogP contribution < -0.4 is 10.5 Å². The summed E-state index contributed by atoms with van der Waals surface area (Å²) in [6.07, 6.45) is -3.79. The average molecular weight is 268 g/mol. The minimum atomic E-state index is -4.22. The molecule has 0 unspecified atom stereocenters. The van der Waals surface area contributed by atoms with Gasteiger partial charge >= 0.3 is 12.3 Å². The highest BCUT2D eigenvalue weighted by molar-refractivity contribution is 7.80. The number of nitrogens with two attached hydrogens (primary N) is 1. The predicted octanol–water partition coefficient (Wildman–Crippen LogP) is 2.00. The molecule has 1 aromatic rings. The SMILES string of the molecule is NC(=S)c1cccc(OCC(F)(F)C(F)F)n1. The van der Waals surface area contributed by atoms with Crippen molar-refractivity contribution in [1.82, 2.24) is 4.98 Å². The minimum Gasteiger partial charge on any atom is -0.471 e. The molecule has 0 aliphatic heterocycles. The maximum Gasteiger partial charge on any atom is 0.340 e. The molecule has 17 heavy (non-hydrogen) atoms. The largest absolute Gasteiger partial charge is 0.471 e. The molecule has 1 heterocycles. The lowest BCUT2D eigenvalue weighted by Gasteiger charge is -2.15. The van der Waals surface area contributed by atoms with E-state index in [9.17, 15) is 17.6 Å². The molecule has 0 radical (unpaired) electrons. The van der Waals surface area contributed by atoms with Crippen LogP contribution in [-0.2, 0) is 0 Å². The molecule has 0 atom stereocenters. The van der Waals surface area contributed by atoms with E-state index in [1.165, 1.54) is 18.2 Å². The highest BCUT2D eigenvalue weighted by atomic mass is 32.1. The lowest BCUT2D eigenvalue weighted by Crippen LogP contribution is -2.34. The van der Waals surface area contributed by atoms with Gasteiger partial charge in [-0.25, -0.2) is 13.8 Å². The Morgan fingerprint density at radius 3 is 2.65 bits per heavy atom. The lowest BCUT2D eigenvalue weighted by atomic mass is 10.3. The monoisotopic (exact) mass is 268 g/mol. The number of hydrogen-bond acceptors (Lipinski definition) is 3. The molecule has 3 nitrogen and oxygen atoms in total. The van der Waals surface area contributed by atoms with Crippen molar-refractivity contribution in [3.05, 3.63) is 23.9 Å². The number of ether oxygens (including phenoxy) is 1. The Balaban J connectivity index is 2.70. The summed E-state index contributed by atoms with van der Waals surface area (Å²) in [7, 11) is 0. The van der Waals surface area contributed by atoms with Crippen molar-refractivity contribution in [3.63, 3.8) is 0 Å². The van der Waals surface area contributed by atoms with Crippen LogP contribution in [-0.4, -0.2) is 28.9 Å². The zero-order chi connectivity index (χ0) is 13.1. The van der Waals surface area contributed by atoms with Crippen molar-refractivity contribution in [2.45, 2.75) is 12.3 Å². The standard InChI is InChI=1S/C9H8F4N2OS/c10-8(11)9(12,13)4-16-6-3-1-2-5(15-6)7(14)17/h1-3,8H,4H2,(H2,14,17). The molecule has 8 heteroatoms. The molecule has 0 aliphatic carbocycles. The molecule has 1 aromatic heterocycles. The molecule has 0 saturated heterocycles. The van der Waals surface area contributed by atoms with Gasteiger partial charge < -0.3 is 10.5 Å². The van der Waals surface area contributed by atoms with Gasteiger partial charge in [0.2, 0.25) is 5.88 Å². The summed E-state index contributed by atoms with van der Waals surface area (Å²) in [5, 5.41) is 0. The summed E-state index contributed by atoms with van der Waals surface area (Å²) < 4.78 is 53.2. The molecule has 0 aromatic carbocycles. The number of aromatic nitrogens is 1. The molecule has 0 saturated carbocycles. The van der Waals surface area contributed by atoms with Gasteiger partial charge in [0.25, 0.3) is 0 Å². The zero-order valence-electron chi connectivity index (χ0n) is 8.37. The third-order valence-electron chi connectivity index (χ3n) is 1.71. The van der Waals surface area contributed by atoms with E-state index >= 15 is 0 Å². The van der Waals surface area contributed by atoms with E-state index < -0.39 is 19.0 Å². The van der Waals surface area contributed by atoms with E-state index in [1.54, 1.807) is 0 Å². The van der Waals surface area contributed by atoms with Gasteiger partial charge in [0.05, 0.1) is 0 Å². The first kappa shape index (κ1) is 13.6. The fraction of sp³-hybridized carbons (Fsp3) is 0.333. The first-order valence-corrected chi connectivity index (χ1v) is 4.79. The number of halogens is 4. The summed E-state index contributed by atoms with van der Waals surface area (Å²) in [5.41, 5.74) is 5.42. The first-order chi connectivity index (χ1) is 7.83. The van der Waals surface area contributed by atoms with Crippen LogP contribution in [0.1, 0.15) is 5.69 Å². The smallest absolute Gasteiger partial charge is 0.340 e. The Bertz CT molecular complexity index is 414. The molecule has 0 bridgehead atoms. The maximum atomic E-state index is 12.5. The van der Waals surface area contributed by atoms with Crippen LogP contribution in [0.4, 0.5) is 17.6 Å². The molecule has 94 valence electrons. The molecular formula is C9H8F4N2OS. The van der Waals surface area contributed by atoms with Gasteiger partial charge in [-0.15, -0.1) is 0 Å².